The van der Waals surface area contributed by atoms with Crippen molar-refractivity contribution < 1.29 is 0 Å². The van der Waals surface area contributed by atoms with Gasteiger partial charge in [0.1, 0.15) is 8.07 Å². The fourth-order valence-electron chi connectivity index (χ4n) is 1.56. The van der Waals surface area contributed by atoms with Crippen LogP contribution in [0.25, 0.3) is 0 Å². The molecule has 0 nitrogen and oxygen atoms in total. The normalized spacial score (nSPS) is 11.5. The standard InChI is InChI=1S/C16H30Si/c1-5-6-7-8-9-10-11-12-13-14-15-16-17(2,3)4/h10-11H,5-9,12-14H2,1-4H3/b11-10-. The van der Waals surface area contributed by atoms with Crippen LogP contribution in [0.4, 0.5) is 0 Å². The highest BCUT2D eigenvalue weighted by atomic mass is 28.3. The summed E-state index contributed by atoms with van der Waals surface area (Å²) in [6.07, 6.45) is 14.9. The maximum atomic E-state index is 3.41. The number of allylic oxidation sites excluding steroid dienone is 2. The van der Waals surface area contributed by atoms with E-state index in [2.05, 4.69) is 50.2 Å². The van der Waals surface area contributed by atoms with Crippen molar-refractivity contribution in [2.24, 2.45) is 0 Å². The van der Waals surface area contributed by atoms with Gasteiger partial charge in [-0.2, -0.15) is 0 Å². The Kier molecular flexibility index (Phi) is 10.4. The predicted molar refractivity (Wildman–Crippen MR) is 82.9 cm³/mol. The van der Waals surface area contributed by atoms with Crippen molar-refractivity contribution in [2.45, 2.75) is 77.9 Å². The number of unbranched alkanes of at least 4 members (excludes halogenated alkanes) is 6. The van der Waals surface area contributed by atoms with Crippen LogP contribution in [-0.2, 0) is 0 Å². The summed E-state index contributed by atoms with van der Waals surface area (Å²) in [5.41, 5.74) is 3.41. The molecule has 0 radical (unpaired) electrons. The quantitative estimate of drug-likeness (QED) is 0.229. The highest BCUT2D eigenvalue weighted by Gasteiger charge is 2.06. The molecule has 0 atom stereocenters. The molecule has 0 aliphatic heterocycles. The van der Waals surface area contributed by atoms with Crippen LogP contribution in [0.15, 0.2) is 12.2 Å². The zero-order valence-corrected chi connectivity index (χ0v) is 13.3. The molecule has 17 heavy (non-hydrogen) atoms. The monoisotopic (exact) mass is 250 g/mol. The molecular formula is C16H30Si. The molecule has 0 aromatic carbocycles. The summed E-state index contributed by atoms with van der Waals surface area (Å²) >= 11 is 0. The Morgan fingerprint density at radius 1 is 0.882 bits per heavy atom. The first-order chi connectivity index (χ1) is 8.06. The van der Waals surface area contributed by atoms with E-state index < -0.39 is 8.07 Å². The highest BCUT2D eigenvalue weighted by Crippen LogP contribution is 2.04. The van der Waals surface area contributed by atoms with Crippen molar-refractivity contribution in [2.75, 3.05) is 0 Å². The molecule has 0 saturated carbocycles. The van der Waals surface area contributed by atoms with E-state index in [-0.39, 0.29) is 0 Å². The van der Waals surface area contributed by atoms with Crippen LogP contribution in [0.1, 0.15) is 58.3 Å². The summed E-state index contributed by atoms with van der Waals surface area (Å²) < 4.78 is 0. The van der Waals surface area contributed by atoms with Crippen molar-refractivity contribution in [3.05, 3.63) is 12.2 Å². The third kappa shape index (κ3) is 15.5. The Bertz CT molecular complexity index is 247. The van der Waals surface area contributed by atoms with Gasteiger partial charge in [0.25, 0.3) is 0 Å². The highest BCUT2D eigenvalue weighted by molar-refractivity contribution is 6.83. The Hall–Kier alpha value is -0.483. The van der Waals surface area contributed by atoms with E-state index in [0.717, 1.165) is 6.42 Å². The molecule has 98 valence electrons. The van der Waals surface area contributed by atoms with E-state index in [1.54, 1.807) is 0 Å². The first-order valence-electron chi connectivity index (χ1n) is 7.21. The average Bonchev–Trinajstić information content (AvgIpc) is 2.24. The molecule has 0 N–H and O–H groups in total. The summed E-state index contributed by atoms with van der Waals surface area (Å²) in [5.74, 6) is 3.32. The minimum absolute atomic E-state index is 1.07. The lowest BCUT2D eigenvalue weighted by atomic mass is 10.1. The number of hydrogen-bond acceptors (Lipinski definition) is 0. The largest absolute Gasteiger partial charge is 0.132 e. The van der Waals surface area contributed by atoms with Gasteiger partial charge in [-0.05, 0) is 25.7 Å². The molecule has 0 aliphatic rings. The van der Waals surface area contributed by atoms with E-state index in [9.17, 15) is 0 Å². The molecule has 0 saturated heterocycles. The maximum Gasteiger partial charge on any atom is 0.129 e. The molecule has 0 rings (SSSR count). The fourth-order valence-corrected chi connectivity index (χ4v) is 2.22. The minimum atomic E-state index is -1.13. The van der Waals surface area contributed by atoms with Crippen LogP contribution in [0.2, 0.25) is 19.6 Å². The first-order valence-corrected chi connectivity index (χ1v) is 10.7. The lowest BCUT2D eigenvalue weighted by Crippen LogP contribution is -2.16. The summed E-state index contributed by atoms with van der Waals surface area (Å²) in [7, 11) is -1.13. The summed E-state index contributed by atoms with van der Waals surface area (Å²) in [4.78, 5) is 0. The predicted octanol–water partition coefficient (Wildman–Crippen LogP) is 5.56. The van der Waals surface area contributed by atoms with Crippen LogP contribution >= 0.6 is 0 Å². The maximum absolute atomic E-state index is 3.41. The zero-order chi connectivity index (χ0) is 13.0. The summed E-state index contributed by atoms with van der Waals surface area (Å²) in [6.45, 7) is 9.17. The molecule has 0 heterocycles. The van der Waals surface area contributed by atoms with Crippen LogP contribution in [-0.4, -0.2) is 8.07 Å². The lowest BCUT2D eigenvalue weighted by Gasteiger charge is -2.02. The van der Waals surface area contributed by atoms with E-state index >= 15 is 0 Å². The van der Waals surface area contributed by atoms with Crippen LogP contribution in [0.5, 0.6) is 0 Å². The third-order valence-corrected chi connectivity index (χ3v) is 3.45. The van der Waals surface area contributed by atoms with Gasteiger partial charge in [-0.1, -0.05) is 58.0 Å². The number of hydrogen-bond donors (Lipinski definition) is 0. The van der Waals surface area contributed by atoms with Gasteiger partial charge in [0, 0.05) is 6.42 Å². The third-order valence-electron chi connectivity index (χ3n) is 2.53. The molecule has 0 bridgehead atoms. The molecule has 0 unspecified atom stereocenters. The van der Waals surface area contributed by atoms with Crippen LogP contribution < -0.4 is 0 Å². The van der Waals surface area contributed by atoms with Crippen molar-refractivity contribution >= 4 is 8.07 Å². The topological polar surface area (TPSA) is 0 Å². The second-order valence-corrected chi connectivity index (χ2v) is 10.5. The van der Waals surface area contributed by atoms with E-state index in [1.165, 1.54) is 44.9 Å². The van der Waals surface area contributed by atoms with Gasteiger partial charge < -0.3 is 0 Å². The van der Waals surface area contributed by atoms with Gasteiger partial charge in [0.2, 0.25) is 0 Å². The van der Waals surface area contributed by atoms with Crippen molar-refractivity contribution in [1.82, 2.24) is 0 Å². The van der Waals surface area contributed by atoms with Crippen LogP contribution in [0.3, 0.4) is 0 Å². The molecular weight excluding hydrogens is 220 g/mol. The van der Waals surface area contributed by atoms with Gasteiger partial charge in [0.15, 0.2) is 0 Å². The second kappa shape index (κ2) is 10.7. The Morgan fingerprint density at radius 3 is 2.12 bits per heavy atom. The smallest absolute Gasteiger partial charge is 0.129 e. The Balaban J connectivity index is 3.33. The minimum Gasteiger partial charge on any atom is -0.132 e. The van der Waals surface area contributed by atoms with E-state index in [4.69, 9.17) is 0 Å². The zero-order valence-electron chi connectivity index (χ0n) is 12.3. The van der Waals surface area contributed by atoms with E-state index in [1.807, 2.05) is 0 Å². The molecule has 1 heteroatoms. The van der Waals surface area contributed by atoms with Gasteiger partial charge in [-0.25, -0.2) is 0 Å². The Labute approximate surface area is 110 Å². The van der Waals surface area contributed by atoms with Crippen molar-refractivity contribution in [3.8, 4) is 11.5 Å². The fraction of sp³-hybridized carbons (Fsp3) is 0.750. The van der Waals surface area contributed by atoms with Gasteiger partial charge in [-0.3, -0.25) is 0 Å². The van der Waals surface area contributed by atoms with Gasteiger partial charge in [0.05, 0.1) is 0 Å². The first kappa shape index (κ1) is 16.5. The summed E-state index contributed by atoms with van der Waals surface area (Å²) in [5, 5.41) is 0. The number of rotatable bonds is 8. The molecule has 0 aliphatic carbocycles. The van der Waals surface area contributed by atoms with Crippen molar-refractivity contribution in [3.63, 3.8) is 0 Å². The molecule has 0 spiro atoms. The second-order valence-electron chi connectivity index (χ2n) is 5.76. The average molecular weight is 251 g/mol. The summed E-state index contributed by atoms with van der Waals surface area (Å²) in [6, 6.07) is 0. The lowest BCUT2D eigenvalue weighted by molar-refractivity contribution is 0.673. The van der Waals surface area contributed by atoms with E-state index in [0.29, 0.717) is 0 Å². The SMILES string of the molecule is CCCCCC/C=C\CCCC#C[Si](C)(C)C. The van der Waals surface area contributed by atoms with Crippen LogP contribution in [0, 0.1) is 11.5 Å². The molecule has 0 fully saturated rings. The molecule has 0 aromatic heterocycles. The van der Waals surface area contributed by atoms with Gasteiger partial charge in [-0.15, -0.1) is 11.5 Å². The molecule has 0 aromatic rings. The van der Waals surface area contributed by atoms with Gasteiger partial charge >= 0.3 is 0 Å². The molecule has 0 amide bonds. The van der Waals surface area contributed by atoms with Crippen molar-refractivity contribution in [1.29, 1.82) is 0 Å². The Morgan fingerprint density at radius 2 is 1.53 bits per heavy atom.